The summed E-state index contributed by atoms with van der Waals surface area (Å²) >= 11 is 1.49. The zero-order valence-electron chi connectivity index (χ0n) is 11.7. The van der Waals surface area contributed by atoms with Gasteiger partial charge in [-0.2, -0.15) is 0 Å². The number of rotatable bonds is 4. The van der Waals surface area contributed by atoms with Gasteiger partial charge in [-0.3, -0.25) is 10.1 Å². The molecule has 0 fully saturated rings. The third kappa shape index (κ3) is 3.47. The van der Waals surface area contributed by atoms with Gasteiger partial charge in [0.15, 0.2) is 5.13 Å². The fraction of sp³-hybridized carbons (Fsp3) is 0.615. The molecule has 2 N–H and O–H groups in total. The highest BCUT2D eigenvalue weighted by Gasteiger charge is 2.22. The van der Waals surface area contributed by atoms with E-state index in [9.17, 15) is 9.59 Å². The first-order chi connectivity index (χ1) is 9.47. The van der Waals surface area contributed by atoms with Crippen LogP contribution in [-0.2, 0) is 17.6 Å². The number of aliphatic carboxylic acids is 1. The van der Waals surface area contributed by atoms with E-state index in [-0.39, 0.29) is 12.6 Å². The van der Waals surface area contributed by atoms with E-state index in [1.54, 1.807) is 13.8 Å². The van der Waals surface area contributed by atoms with Crippen molar-refractivity contribution in [3.63, 3.8) is 0 Å². The molecule has 110 valence electrons. The molecule has 2 rings (SSSR count). The molecule has 0 radical (unpaired) electrons. The van der Waals surface area contributed by atoms with Gasteiger partial charge in [-0.25, -0.2) is 9.78 Å². The van der Waals surface area contributed by atoms with Crippen LogP contribution < -0.4 is 5.32 Å². The molecule has 20 heavy (non-hydrogen) atoms. The Hall–Kier alpha value is -1.63. The van der Waals surface area contributed by atoms with Crippen LogP contribution in [0.2, 0.25) is 0 Å². The Bertz CT molecular complexity index is 489. The van der Waals surface area contributed by atoms with E-state index >= 15 is 0 Å². The van der Waals surface area contributed by atoms with Crippen LogP contribution in [0.4, 0.5) is 9.93 Å². The van der Waals surface area contributed by atoms with E-state index in [1.165, 1.54) is 27.5 Å². The average molecular weight is 297 g/mol. The molecular weight excluding hydrogens is 278 g/mol. The molecule has 0 bridgehead atoms. The van der Waals surface area contributed by atoms with Crippen LogP contribution in [0.15, 0.2) is 0 Å². The minimum Gasteiger partial charge on any atom is -0.480 e. The number of nitrogens with zero attached hydrogens (tertiary/aromatic N) is 2. The van der Waals surface area contributed by atoms with E-state index in [1.807, 2.05) is 0 Å². The standard InChI is InChI=1S/C13H19N3O3S/c1-8(2)16(7-11(17)18)13(19)15-12-14-9-5-3-4-6-10(9)20-12/h8H,3-7H2,1-2H3,(H,17,18)(H,14,15,19). The molecule has 1 aliphatic rings. The highest BCUT2D eigenvalue weighted by molar-refractivity contribution is 7.15. The topological polar surface area (TPSA) is 82.5 Å². The first-order valence-electron chi connectivity index (χ1n) is 6.75. The molecule has 1 aliphatic carbocycles. The van der Waals surface area contributed by atoms with Crippen molar-refractivity contribution in [3.05, 3.63) is 10.6 Å². The summed E-state index contributed by atoms with van der Waals surface area (Å²) in [5.41, 5.74) is 1.07. The SMILES string of the molecule is CC(C)N(CC(=O)O)C(=O)Nc1nc2c(s1)CCCC2. The van der Waals surface area contributed by atoms with Gasteiger partial charge in [0.2, 0.25) is 0 Å². The van der Waals surface area contributed by atoms with Crippen molar-refractivity contribution in [1.29, 1.82) is 0 Å². The number of aromatic nitrogens is 1. The summed E-state index contributed by atoms with van der Waals surface area (Å²) in [6.45, 7) is 3.26. The summed E-state index contributed by atoms with van der Waals surface area (Å²) in [5.74, 6) is -1.02. The van der Waals surface area contributed by atoms with Crippen LogP contribution in [0, 0.1) is 0 Å². The number of carbonyl (C=O) groups excluding carboxylic acids is 1. The Morgan fingerprint density at radius 1 is 1.40 bits per heavy atom. The van der Waals surface area contributed by atoms with Gasteiger partial charge in [0.1, 0.15) is 6.54 Å². The van der Waals surface area contributed by atoms with Gasteiger partial charge >= 0.3 is 12.0 Å². The number of urea groups is 1. The molecule has 1 aromatic heterocycles. The van der Waals surface area contributed by atoms with Gasteiger partial charge in [0.25, 0.3) is 0 Å². The number of fused-ring (bicyclic) bond motifs is 1. The summed E-state index contributed by atoms with van der Waals surface area (Å²) in [7, 11) is 0. The van der Waals surface area contributed by atoms with Crippen LogP contribution in [0.3, 0.4) is 0 Å². The lowest BCUT2D eigenvalue weighted by Gasteiger charge is -2.24. The second-order valence-electron chi connectivity index (χ2n) is 5.14. The van der Waals surface area contributed by atoms with Gasteiger partial charge in [0, 0.05) is 10.9 Å². The third-order valence-electron chi connectivity index (χ3n) is 3.25. The summed E-state index contributed by atoms with van der Waals surface area (Å²) in [6, 6.07) is -0.589. The maximum Gasteiger partial charge on any atom is 0.324 e. The molecule has 7 heteroatoms. The largest absolute Gasteiger partial charge is 0.480 e. The van der Waals surface area contributed by atoms with Crippen LogP contribution in [-0.4, -0.2) is 39.6 Å². The Labute approximate surface area is 121 Å². The minimum atomic E-state index is -1.02. The molecule has 0 saturated carbocycles. The molecule has 2 amide bonds. The minimum absolute atomic E-state index is 0.180. The van der Waals surface area contributed by atoms with Crippen LogP contribution in [0.1, 0.15) is 37.3 Å². The van der Waals surface area contributed by atoms with E-state index in [4.69, 9.17) is 5.11 Å². The molecule has 0 unspecified atom stereocenters. The number of carboxylic acids is 1. The second-order valence-corrected chi connectivity index (χ2v) is 6.23. The highest BCUT2D eigenvalue weighted by Crippen LogP contribution is 2.29. The van der Waals surface area contributed by atoms with Crippen molar-refractivity contribution < 1.29 is 14.7 Å². The van der Waals surface area contributed by atoms with E-state index in [2.05, 4.69) is 10.3 Å². The summed E-state index contributed by atoms with van der Waals surface area (Å²) in [5, 5.41) is 12.1. The zero-order valence-corrected chi connectivity index (χ0v) is 12.5. The van der Waals surface area contributed by atoms with Gasteiger partial charge < -0.3 is 10.0 Å². The van der Waals surface area contributed by atoms with Crippen molar-refractivity contribution in [2.75, 3.05) is 11.9 Å². The second kappa shape index (κ2) is 6.21. The molecule has 1 aromatic rings. The highest BCUT2D eigenvalue weighted by atomic mass is 32.1. The van der Waals surface area contributed by atoms with Crippen LogP contribution in [0.25, 0.3) is 0 Å². The number of carboxylic acid groups (broad SMARTS) is 1. The Morgan fingerprint density at radius 3 is 2.70 bits per heavy atom. The van der Waals surface area contributed by atoms with E-state index in [0.29, 0.717) is 5.13 Å². The molecule has 1 heterocycles. The molecule has 0 aromatic carbocycles. The van der Waals surface area contributed by atoms with Crippen molar-refractivity contribution >= 4 is 28.5 Å². The predicted molar refractivity (Wildman–Crippen MR) is 77.3 cm³/mol. The smallest absolute Gasteiger partial charge is 0.324 e. The fourth-order valence-corrected chi connectivity index (χ4v) is 3.24. The van der Waals surface area contributed by atoms with Crippen molar-refractivity contribution in [2.45, 2.75) is 45.6 Å². The monoisotopic (exact) mass is 297 g/mol. The molecule has 0 atom stereocenters. The maximum atomic E-state index is 12.1. The third-order valence-corrected chi connectivity index (χ3v) is 4.32. The number of carbonyl (C=O) groups is 2. The number of thiazole rings is 1. The molecule has 0 saturated heterocycles. The number of anilines is 1. The van der Waals surface area contributed by atoms with E-state index in [0.717, 1.165) is 25.0 Å². The number of aryl methyl sites for hydroxylation is 2. The Balaban J connectivity index is 2.05. The zero-order chi connectivity index (χ0) is 14.7. The summed E-state index contributed by atoms with van der Waals surface area (Å²) < 4.78 is 0. The molecule has 0 spiro atoms. The Morgan fingerprint density at radius 2 is 2.10 bits per heavy atom. The van der Waals surface area contributed by atoms with Crippen molar-refractivity contribution in [3.8, 4) is 0 Å². The van der Waals surface area contributed by atoms with Crippen LogP contribution in [0.5, 0.6) is 0 Å². The van der Waals surface area contributed by atoms with E-state index < -0.39 is 12.0 Å². The number of hydrogen-bond acceptors (Lipinski definition) is 4. The summed E-state index contributed by atoms with van der Waals surface area (Å²) in [6.07, 6.45) is 4.29. The van der Waals surface area contributed by atoms with Gasteiger partial charge in [-0.05, 0) is 39.5 Å². The number of nitrogens with one attached hydrogen (secondary N) is 1. The first-order valence-corrected chi connectivity index (χ1v) is 7.57. The lowest BCUT2D eigenvalue weighted by atomic mass is 10.0. The quantitative estimate of drug-likeness (QED) is 0.893. The Kier molecular flexibility index (Phi) is 4.59. The predicted octanol–water partition coefficient (Wildman–Crippen LogP) is 2.35. The molecule has 6 nitrogen and oxygen atoms in total. The van der Waals surface area contributed by atoms with Crippen LogP contribution >= 0.6 is 11.3 Å². The van der Waals surface area contributed by atoms with Gasteiger partial charge in [0.05, 0.1) is 5.69 Å². The fourth-order valence-electron chi connectivity index (χ4n) is 2.20. The van der Waals surface area contributed by atoms with Crippen molar-refractivity contribution in [1.82, 2.24) is 9.88 Å². The van der Waals surface area contributed by atoms with Crippen molar-refractivity contribution in [2.24, 2.45) is 0 Å². The normalized spacial score (nSPS) is 13.9. The van der Waals surface area contributed by atoms with Gasteiger partial charge in [-0.15, -0.1) is 11.3 Å². The summed E-state index contributed by atoms with van der Waals surface area (Å²) in [4.78, 5) is 29.9. The average Bonchev–Trinajstić information content (AvgIpc) is 2.77. The molecule has 0 aliphatic heterocycles. The van der Waals surface area contributed by atoms with Gasteiger partial charge in [-0.1, -0.05) is 0 Å². The lowest BCUT2D eigenvalue weighted by Crippen LogP contribution is -2.43. The molecular formula is C13H19N3O3S. The number of hydrogen-bond donors (Lipinski definition) is 2. The number of amides is 2. The maximum absolute atomic E-state index is 12.1. The first kappa shape index (κ1) is 14.8. The lowest BCUT2D eigenvalue weighted by molar-refractivity contribution is -0.137.